The number of benzene rings is 1. The van der Waals surface area contributed by atoms with Crippen LogP contribution >= 0.6 is 0 Å². The highest BCUT2D eigenvalue weighted by Gasteiger charge is 2.29. The number of amides is 1. The summed E-state index contributed by atoms with van der Waals surface area (Å²) in [5.74, 6) is 0.630. The first kappa shape index (κ1) is 16.6. The summed E-state index contributed by atoms with van der Waals surface area (Å²) >= 11 is 0. The SMILES string of the molecule is Cc1ccc(-c2nnn(C(C(=O)NC3CCCC3)C(C)C)n2)cc1. The minimum absolute atomic E-state index is 0.00949. The third-order valence-corrected chi connectivity index (χ3v) is 4.59. The molecule has 0 spiro atoms. The van der Waals surface area contributed by atoms with Crippen LogP contribution in [0.2, 0.25) is 0 Å². The molecule has 0 radical (unpaired) electrons. The lowest BCUT2D eigenvalue weighted by molar-refractivity contribution is -0.127. The second-order valence-electron chi connectivity index (χ2n) is 6.98. The molecule has 1 heterocycles. The van der Waals surface area contributed by atoms with E-state index in [1.165, 1.54) is 23.2 Å². The van der Waals surface area contributed by atoms with Crippen molar-refractivity contribution in [2.45, 2.75) is 58.5 Å². The first-order valence-corrected chi connectivity index (χ1v) is 8.71. The van der Waals surface area contributed by atoms with Gasteiger partial charge in [-0.25, -0.2) is 0 Å². The minimum atomic E-state index is -0.433. The molecule has 6 nitrogen and oxygen atoms in total. The lowest BCUT2D eigenvalue weighted by Gasteiger charge is -2.21. The van der Waals surface area contributed by atoms with Crippen molar-refractivity contribution in [3.63, 3.8) is 0 Å². The van der Waals surface area contributed by atoms with Gasteiger partial charge < -0.3 is 5.32 Å². The molecule has 1 N–H and O–H groups in total. The molecule has 3 rings (SSSR count). The highest BCUT2D eigenvalue weighted by atomic mass is 16.2. The van der Waals surface area contributed by atoms with Crippen molar-refractivity contribution in [2.24, 2.45) is 5.92 Å². The second-order valence-corrected chi connectivity index (χ2v) is 6.98. The zero-order valence-corrected chi connectivity index (χ0v) is 14.6. The Hall–Kier alpha value is -2.24. The molecule has 1 aliphatic rings. The predicted octanol–water partition coefficient (Wildman–Crippen LogP) is 2.90. The quantitative estimate of drug-likeness (QED) is 0.916. The van der Waals surface area contributed by atoms with E-state index in [0.29, 0.717) is 11.9 Å². The van der Waals surface area contributed by atoms with Crippen LogP contribution in [0.1, 0.15) is 51.1 Å². The molecule has 128 valence electrons. The molecule has 1 saturated carbocycles. The van der Waals surface area contributed by atoms with E-state index in [9.17, 15) is 4.79 Å². The van der Waals surface area contributed by atoms with Crippen molar-refractivity contribution >= 4 is 5.91 Å². The Kier molecular flexibility index (Phi) is 4.92. The van der Waals surface area contributed by atoms with Gasteiger partial charge in [-0.1, -0.05) is 56.5 Å². The van der Waals surface area contributed by atoms with Gasteiger partial charge in [0.15, 0.2) is 6.04 Å². The number of carbonyl (C=O) groups is 1. The number of hydrogen-bond acceptors (Lipinski definition) is 4. The van der Waals surface area contributed by atoms with Crippen molar-refractivity contribution in [2.75, 3.05) is 0 Å². The standard InChI is InChI=1S/C18H25N5O/c1-12(2)16(18(24)19-15-6-4-5-7-15)23-21-17(20-22-23)14-10-8-13(3)9-11-14/h8-12,15-16H,4-7H2,1-3H3,(H,19,24). The van der Waals surface area contributed by atoms with Crippen LogP contribution in [0.25, 0.3) is 11.4 Å². The van der Waals surface area contributed by atoms with Gasteiger partial charge in [-0.05, 0) is 30.9 Å². The molecule has 6 heteroatoms. The van der Waals surface area contributed by atoms with E-state index in [0.717, 1.165) is 18.4 Å². The van der Waals surface area contributed by atoms with E-state index >= 15 is 0 Å². The van der Waals surface area contributed by atoms with Crippen molar-refractivity contribution in [3.8, 4) is 11.4 Å². The fourth-order valence-electron chi connectivity index (χ4n) is 3.19. The number of carbonyl (C=O) groups excluding carboxylic acids is 1. The zero-order chi connectivity index (χ0) is 17.1. The van der Waals surface area contributed by atoms with Gasteiger partial charge in [0.05, 0.1) is 0 Å². The molecule has 1 aromatic heterocycles. The number of hydrogen-bond donors (Lipinski definition) is 1. The van der Waals surface area contributed by atoms with E-state index in [2.05, 4.69) is 20.7 Å². The van der Waals surface area contributed by atoms with Crippen LogP contribution in [0.3, 0.4) is 0 Å². The lowest BCUT2D eigenvalue weighted by atomic mass is 10.0. The molecule has 0 aliphatic heterocycles. The Morgan fingerprint density at radius 2 is 1.88 bits per heavy atom. The Labute approximate surface area is 142 Å². The molecule has 1 aromatic carbocycles. The third kappa shape index (κ3) is 3.63. The van der Waals surface area contributed by atoms with Crippen molar-refractivity contribution in [1.82, 2.24) is 25.5 Å². The number of nitrogens with zero attached hydrogens (tertiary/aromatic N) is 4. The average molecular weight is 327 g/mol. The summed E-state index contributed by atoms with van der Waals surface area (Å²) in [5, 5.41) is 15.9. The fraction of sp³-hybridized carbons (Fsp3) is 0.556. The first-order chi connectivity index (χ1) is 11.5. The number of tetrazole rings is 1. The Morgan fingerprint density at radius 1 is 1.21 bits per heavy atom. The van der Waals surface area contributed by atoms with E-state index in [1.807, 2.05) is 45.0 Å². The predicted molar refractivity (Wildman–Crippen MR) is 92.3 cm³/mol. The lowest BCUT2D eigenvalue weighted by Crippen LogP contribution is -2.41. The molecule has 2 aromatic rings. The summed E-state index contributed by atoms with van der Waals surface area (Å²) in [6.45, 7) is 6.05. The van der Waals surface area contributed by atoms with Gasteiger partial charge in [-0.3, -0.25) is 4.79 Å². The summed E-state index contributed by atoms with van der Waals surface area (Å²) in [6.07, 6.45) is 4.51. The molecule has 0 saturated heterocycles. The van der Waals surface area contributed by atoms with E-state index in [-0.39, 0.29) is 11.8 Å². The molecule has 1 amide bonds. The van der Waals surface area contributed by atoms with Crippen LogP contribution in [-0.2, 0) is 4.79 Å². The number of aromatic nitrogens is 4. The fourth-order valence-corrected chi connectivity index (χ4v) is 3.19. The zero-order valence-electron chi connectivity index (χ0n) is 14.6. The van der Waals surface area contributed by atoms with Crippen LogP contribution < -0.4 is 5.32 Å². The molecular formula is C18H25N5O. The maximum atomic E-state index is 12.7. The first-order valence-electron chi connectivity index (χ1n) is 8.71. The summed E-state index contributed by atoms with van der Waals surface area (Å²) in [4.78, 5) is 14.2. The highest BCUT2D eigenvalue weighted by molar-refractivity contribution is 5.80. The smallest absolute Gasteiger partial charge is 0.247 e. The maximum absolute atomic E-state index is 12.7. The van der Waals surface area contributed by atoms with E-state index < -0.39 is 6.04 Å². The molecule has 24 heavy (non-hydrogen) atoms. The summed E-state index contributed by atoms with van der Waals surface area (Å²) in [7, 11) is 0. The van der Waals surface area contributed by atoms with Gasteiger partial charge in [0, 0.05) is 11.6 Å². The van der Waals surface area contributed by atoms with E-state index in [1.54, 1.807) is 0 Å². The third-order valence-electron chi connectivity index (χ3n) is 4.59. The van der Waals surface area contributed by atoms with Gasteiger partial charge >= 0.3 is 0 Å². The Balaban J connectivity index is 1.78. The van der Waals surface area contributed by atoms with Gasteiger partial charge in [0.1, 0.15) is 0 Å². The molecule has 1 atom stereocenters. The van der Waals surface area contributed by atoms with Crippen LogP contribution in [0.4, 0.5) is 0 Å². The average Bonchev–Trinajstić information content (AvgIpc) is 3.20. The molecule has 0 bridgehead atoms. The second kappa shape index (κ2) is 7.11. The summed E-state index contributed by atoms with van der Waals surface area (Å²) < 4.78 is 0. The Morgan fingerprint density at radius 3 is 2.50 bits per heavy atom. The van der Waals surface area contributed by atoms with Crippen molar-refractivity contribution in [3.05, 3.63) is 29.8 Å². The topological polar surface area (TPSA) is 72.7 Å². The number of rotatable bonds is 5. The molecular weight excluding hydrogens is 302 g/mol. The summed E-state index contributed by atoms with van der Waals surface area (Å²) in [5.41, 5.74) is 2.09. The largest absolute Gasteiger partial charge is 0.351 e. The van der Waals surface area contributed by atoms with Gasteiger partial charge in [0.25, 0.3) is 0 Å². The normalized spacial score (nSPS) is 16.5. The minimum Gasteiger partial charge on any atom is -0.351 e. The van der Waals surface area contributed by atoms with E-state index in [4.69, 9.17) is 0 Å². The van der Waals surface area contributed by atoms with Crippen molar-refractivity contribution in [1.29, 1.82) is 0 Å². The summed E-state index contributed by atoms with van der Waals surface area (Å²) in [6, 6.07) is 7.83. The van der Waals surface area contributed by atoms with Gasteiger partial charge in [-0.15, -0.1) is 10.2 Å². The maximum Gasteiger partial charge on any atom is 0.247 e. The Bertz CT molecular complexity index is 686. The van der Waals surface area contributed by atoms with Crippen LogP contribution in [-0.4, -0.2) is 32.2 Å². The number of nitrogens with one attached hydrogen (secondary N) is 1. The van der Waals surface area contributed by atoms with Gasteiger partial charge in [0.2, 0.25) is 11.7 Å². The van der Waals surface area contributed by atoms with Crippen LogP contribution in [0.5, 0.6) is 0 Å². The number of aryl methyl sites for hydroxylation is 1. The van der Waals surface area contributed by atoms with Crippen LogP contribution in [0, 0.1) is 12.8 Å². The highest BCUT2D eigenvalue weighted by Crippen LogP contribution is 2.22. The van der Waals surface area contributed by atoms with Crippen molar-refractivity contribution < 1.29 is 4.79 Å². The van der Waals surface area contributed by atoms with Crippen LogP contribution in [0.15, 0.2) is 24.3 Å². The molecule has 1 fully saturated rings. The molecule has 1 aliphatic carbocycles. The van der Waals surface area contributed by atoms with Gasteiger partial charge in [-0.2, -0.15) is 4.80 Å². The molecule has 1 unspecified atom stereocenters. The monoisotopic (exact) mass is 327 g/mol.